The number of aryl methyl sites for hydroxylation is 1. The molecule has 0 bridgehead atoms. The first-order chi connectivity index (χ1) is 13.6. The highest BCUT2D eigenvalue weighted by Gasteiger charge is 2.23. The molecule has 1 amide bonds. The van der Waals surface area contributed by atoms with Crippen LogP contribution in [0.25, 0.3) is 0 Å². The van der Waals surface area contributed by atoms with Crippen molar-refractivity contribution in [1.82, 2.24) is 9.62 Å². The molecule has 0 spiro atoms. The fraction of sp³-hybridized carbons (Fsp3) is 0.316. The lowest BCUT2D eigenvalue weighted by molar-refractivity contribution is -0.384. The largest absolute Gasteiger partial charge is 0.508 e. The number of benzene rings is 2. The van der Waals surface area contributed by atoms with E-state index in [1.54, 1.807) is 26.8 Å². The van der Waals surface area contributed by atoms with Gasteiger partial charge in [0, 0.05) is 42.9 Å². The number of amides is 1. The van der Waals surface area contributed by atoms with Crippen molar-refractivity contribution in [2.75, 3.05) is 13.1 Å². The summed E-state index contributed by atoms with van der Waals surface area (Å²) in [6, 6.07) is 7.83. The number of carbonyl (C=O) groups is 1. The molecule has 0 saturated carbocycles. The molecule has 29 heavy (non-hydrogen) atoms. The number of nitro benzene ring substituents is 1. The van der Waals surface area contributed by atoms with Gasteiger partial charge in [-0.3, -0.25) is 14.9 Å². The summed E-state index contributed by atoms with van der Waals surface area (Å²) in [5.41, 5.74) is 0.708. The first-order valence-corrected chi connectivity index (χ1v) is 10.4. The lowest BCUT2D eigenvalue weighted by Gasteiger charge is -2.19. The minimum Gasteiger partial charge on any atom is -0.508 e. The topological polar surface area (TPSA) is 130 Å². The molecule has 2 rings (SSSR count). The van der Waals surface area contributed by atoms with Crippen LogP contribution in [-0.4, -0.2) is 41.7 Å². The Hall–Kier alpha value is -2.98. The van der Waals surface area contributed by atoms with E-state index in [-0.39, 0.29) is 34.0 Å². The molecule has 2 aromatic rings. The standard InChI is InChI=1S/C19H23N3O6S/c1-4-21(5-2)29(27,28)16-8-6-13(3)17(11-16)19(24)20-12-14-10-15(22(25)26)7-9-18(14)23/h6-11,23H,4-5,12H2,1-3H3,(H,20,24). The molecule has 0 aliphatic heterocycles. The van der Waals surface area contributed by atoms with Gasteiger partial charge in [-0.1, -0.05) is 19.9 Å². The Morgan fingerprint density at radius 2 is 1.83 bits per heavy atom. The molecule has 0 fully saturated rings. The van der Waals surface area contributed by atoms with Crippen molar-refractivity contribution in [3.05, 3.63) is 63.2 Å². The van der Waals surface area contributed by atoms with Gasteiger partial charge in [0.25, 0.3) is 11.6 Å². The number of phenols is 1. The number of nitrogens with one attached hydrogen (secondary N) is 1. The van der Waals surface area contributed by atoms with E-state index in [1.807, 2.05) is 0 Å². The maximum absolute atomic E-state index is 12.7. The summed E-state index contributed by atoms with van der Waals surface area (Å²) in [6.45, 7) is 5.59. The Morgan fingerprint density at radius 3 is 2.41 bits per heavy atom. The van der Waals surface area contributed by atoms with Crippen LogP contribution in [0, 0.1) is 17.0 Å². The van der Waals surface area contributed by atoms with Crippen molar-refractivity contribution in [2.24, 2.45) is 0 Å². The quantitative estimate of drug-likeness (QED) is 0.498. The molecule has 10 heteroatoms. The minimum atomic E-state index is -3.72. The zero-order valence-electron chi connectivity index (χ0n) is 16.4. The second kappa shape index (κ2) is 9.01. The zero-order valence-corrected chi connectivity index (χ0v) is 17.2. The Balaban J connectivity index is 2.28. The monoisotopic (exact) mass is 421 g/mol. The van der Waals surface area contributed by atoms with E-state index >= 15 is 0 Å². The Morgan fingerprint density at radius 1 is 1.17 bits per heavy atom. The van der Waals surface area contributed by atoms with Crippen molar-refractivity contribution >= 4 is 21.6 Å². The molecule has 0 unspecified atom stereocenters. The number of nitrogens with zero attached hydrogens (tertiary/aromatic N) is 2. The summed E-state index contributed by atoms with van der Waals surface area (Å²) >= 11 is 0. The van der Waals surface area contributed by atoms with Gasteiger partial charge >= 0.3 is 0 Å². The molecule has 0 radical (unpaired) electrons. The first kappa shape index (κ1) is 22.3. The molecule has 0 aromatic heterocycles. The Labute approximate surface area is 169 Å². The smallest absolute Gasteiger partial charge is 0.270 e. The van der Waals surface area contributed by atoms with Gasteiger partial charge in [-0.15, -0.1) is 0 Å². The number of nitro groups is 1. The SMILES string of the molecule is CCN(CC)S(=O)(=O)c1ccc(C)c(C(=O)NCc2cc([N+](=O)[O-])ccc2O)c1. The van der Waals surface area contributed by atoms with Gasteiger partial charge in [0.15, 0.2) is 0 Å². The van der Waals surface area contributed by atoms with Crippen molar-refractivity contribution in [3.63, 3.8) is 0 Å². The molecule has 0 aliphatic rings. The van der Waals surface area contributed by atoms with E-state index in [0.29, 0.717) is 18.7 Å². The molecule has 9 nitrogen and oxygen atoms in total. The molecular weight excluding hydrogens is 398 g/mol. The maximum Gasteiger partial charge on any atom is 0.270 e. The van der Waals surface area contributed by atoms with Crippen LogP contribution in [0.15, 0.2) is 41.3 Å². The summed E-state index contributed by atoms with van der Waals surface area (Å²) in [5.74, 6) is -0.740. The lowest BCUT2D eigenvalue weighted by atomic mass is 10.1. The fourth-order valence-electron chi connectivity index (χ4n) is 2.82. The molecule has 0 aliphatic carbocycles. The number of non-ortho nitro benzene ring substituents is 1. The van der Waals surface area contributed by atoms with Crippen LogP contribution in [0.4, 0.5) is 5.69 Å². The number of sulfonamides is 1. The Kier molecular flexibility index (Phi) is 6.93. The molecule has 156 valence electrons. The number of hydrogen-bond acceptors (Lipinski definition) is 6. The number of aromatic hydroxyl groups is 1. The maximum atomic E-state index is 12.7. The third-order valence-corrected chi connectivity index (χ3v) is 6.56. The van der Waals surface area contributed by atoms with E-state index in [2.05, 4.69) is 5.32 Å². The highest BCUT2D eigenvalue weighted by atomic mass is 32.2. The molecule has 0 saturated heterocycles. The summed E-state index contributed by atoms with van der Waals surface area (Å²) in [4.78, 5) is 22.9. The average Bonchev–Trinajstić information content (AvgIpc) is 2.67. The van der Waals surface area contributed by atoms with Crippen LogP contribution in [0.3, 0.4) is 0 Å². The van der Waals surface area contributed by atoms with E-state index < -0.39 is 20.9 Å². The van der Waals surface area contributed by atoms with E-state index in [9.17, 15) is 28.4 Å². The fourth-order valence-corrected chi connectivity index (χ4v) is 4.30. The van der Waals surface area contributed by atoms with Crippen molar-refractivity contribution in [3.8, 4) is 5.75 Å². The number of hydrogen-bond donors (Lipinski definition) is 2. The van der Waals surface area contributed by atoms with Gasteiger partial charge in [-0.25, -0.2) is 8.42 Å². The number of rotatable bonds is 8. The molecule has 2 N–H and O–H groups in total. The Bertz CT molecular complexity index is 1030. The van der Waals surface area contributed by atoms with Crippen LogP contribution >= 0.6 is 0 Å². The summed E-state index contributed by atoms with van der Waals surface area (Å²) in [5, 5.41) is 23.3. The van der Waals surface area contributed by atoms with Crippen LogP contribution in [0.2, 0.25) is 0 Å². The minimum absolute atomic E-state index is 0.00939. The van der Waals surface area contributed by atoms with Gasteiger partial charge in [0.2, 0.25) is 10.0 Å². The molecule has 0 atom stereocenters. The highest BCUT2D eigenvalue weighted by Crippen LogP contribution is 2.23. The predicted octanol–water partition coefficient (Wildman–Crippen LogP) is 2.57. The molecule has 2 aromatic carbocycles. The summed E-state index contributed by atoms with van der Waals surface area (Å²) < 4.78 is 26.7. The van der Waals surface area contributed by atoms with Gasteiger partial charge in [-0.2, -0.15) is 4.31 Å². The van der Waals surface area contributed by atoms with Crippen LogP contribution in [-0.2, 0) is 16.6 Å². The van der Waals surface area contributed by atoms with Gasteiger partial charge in [0.05, 0.1) is 9.82 Å². The second-order valence-electron chi connectivity index (χ2n) is 6.32. The zero-order chi connectivity index (χ0) is 21.8. The summed E-state index contributed by atoms with van der Waals surface area (Å²) in [7, 11) is -3.72. The van der Waals surface area contributed by atoms with Crippen LogP contribution < -0.4 is 5.32 Å². The average molecular weight is 421 g/mol. The van der Waals surface area contributed by atoms with Gasteiger partial charge in [-0.05, 0) is 30.7 Å². The van der Waals surface area contributed by atoms with Crippen LogP contribution in [0.5, 0.6) is 5.75 Å². The van der Waals surface area contributed by atoms with Crippen molar-refractivity contribution in [1.29, 1.82) is 0 Å². The highest BCUT2D eigenvalue weighted by molar-refractivity contribution is 7.89. The number of phenolic OH excluding ortho intramolecular Hbond substituents is 1. The normalized spacial score (nSPS) is 11.4. The van der Waals surface area contributed by atoms with Crippen molar-refractivity contribution in [2.45, 2.75) is 32.2 Å². The summed E-state index contributed by atoms with van der Waals surface area (Å²) in [6.07, 6.45) is 0. The van der Waals surface area contributed by atoms with Gasteiger partial charge < -0.3 is 10.4 Å². The van der Waals surface area contributed by atoms with E-state index in [0.717, 1.165) is 6.07 Å². The lowest BCUT2D eigenvalue weighted by Crippen LogP contribution is -2.31. The predicted molar refractivity (Wildman–Crippen MR) is 107 cm³/mol. The van der Waals surface area contributed by atoms with Crippen molar-refractivity contribution < 1.29 is 23.2 Å². The first-order valence-electron chi connectivity index (χ1n) is 8.97. The second-order valence-corrected chi connectivity index (χ2v) is 8.26. The van der Waals surface area contributed by atoms with Crippen LogP contribution in [0.1, 0.15) is 35.3 Å². The third kappa shape index (κ3) is 4.90. The number of carbonyl (C=O) groups excluding carboxylic acids is 1. The third-order valence-electron chi connectivity index (χ3n) is 4.51. The van der Waals surface area contributed by atoms with E-state index in [4.69, 9.17) is 0 Å². The molecular formula is C19H23N3O6S. The molecule has 0 heterocycles. The van der Waals surface area contributed by atoms with Gasteiger partial charge in [0.1, 0.15) is 5.75 Å². The van der Waals surface area contributed by atoms with E-state index in [1.165, 1.54) is 28.6 Å².